The fraction of sp³-hybridized carbons (Fsp3) is 0.727. The molecule has 0 unspecified atom stereocenters. The number of rotatable bonds is 6. The summed E-state index contributed by atoms with van der Waals surface area (Å²) < 4.78 is 10.7. The van der Waals surface area contributed by atoms with E-state index in [0.717, 1.165) is 0 Å². The predicted molar refractivity (Wildman–Crippen MR) is 118 cm³/mol. The van der Waals surface area contributed by atoms with E-state index in [1.807, 2.05) is 30.6 Å². The summed E-state index contributed by atoms with van der Waals surface area (Å²) in [6.07, 6.45) is 2.96. The molecule has 0 atom stereocenters. The standard InChI is InChI=1S/C22H35N5O6/c1-16(28)23(5)9-8-19(29)32-15-24-12-18-20(30)27(14-26(18)13-24)17-6-10-25(11-7-17)21(31)33-22(2,3)4/h12,17H,6-11,13-15H2,1-5H3. The zero-order valence-corrected chi connectivity index (χ0v) is 20.2. The van der Waals surface area contributed by atoms with Gasteiger partial charge in [-0.1, -0.05) is 0 Å². The third-order valence-corrected chi connectivity index (χ3v) is 5.94. The number of amides is 3. The normalized spacial score (nSPS) is 18.9. The van der Waals surface area contributed by atoms with Crippen LogP contribution in [0.15, 0.2) is 11.9 Å². The molecule has 3 amide bonds. The van der Waals surface area contributed by atoms with Crippen LogP contribution in [0.3, 0.4) is 0 Å². The minimum Gasteiger partial charge on any atom is -0.444 e. The largest absolute Gasteiger partial charge is 0.444 e. The van der Waals surface area contributed by atoms with Crippen LogP contribution in [0.5, 0.6) is 0 Å². The number of carbonyl (C=O) groups excluding carboxylic acids is 4. The van der Waals surface area contributed by atoms with Gasteiger partial charge in [-0.3, -0.25) is 14.4 Å². The van der Waals surface area contributed by atoms with Gasteiger partial charge < -0.3 is 34.0 Å². The monoisotopic (exact) mass is 465 g/mol. The van der Waals surface area contributed by atoms with E-state index in [1.165, 1.54) is 11.8 Å². The van der Waals surface area contributed by atoms with E-state index in [1.54, 1.807) is 23.0 Å². The Labute approximate surface area is 194 Å². The topological polar surface area (TPSA) is 103 Å². The van der Waals surface area contributed by atoms with E-state index in [2.05, 4.69) is 0 Å². The van der Waals surface area contributed by atoms with Crippen molar-refractivity contribution in [1.29, 1.82) is 0 Å². The minimum absolute atomic E-state index is 0.0392. The third-order valence-electron chi connectivity index (χ3n) is 5.94. The van der Waals surface area contributed by atoms with Crippen LogP contribution in [0.25, 0.3) is 0 Å². The van der Waals surface area contributed by atoms with Gasteiger partial charge in [0.25, 0.3) is 5.91 Å². The lowest BCUT2D eigenvalue weighted by molar-refractivity contribution is -0.148. The molecule has 0 bridgehead atoms. The van der Waals surface area contributed by atoms with Crippen molar-refractivity contribution in [2.75, 3.05) is 46.8 Å². The summed E-state index contributed by atoms with van der Waals surface area (Å²) in [5, 5.41) is 0. The average molecular weight is 466 g/mol. The number of fused-ring (bicyclic) bond motifs is 1. The van der Waals surface area contributed by atoms with Crippen LogP contribution in [-0.4, -0.2) is 107 Å². The second-order valence-corrected chi connectivity index (χ2v) is 9.74. The molecule has 0 aromatic rings. The maximum Gasteiger partial charge on any atom is 0.410 e. The fourth-order valence-corrected chi connectivity index (χ4v) is 3.99. The summed E-state index contributed by atoms with van der Waals surface area (Å²) in [4.78, 5) is 57.1. The van der Waals surface area contributed by atoms with E-state index >= 15 is 0 Å². The van der Waals surface area contributed by atoms with Gasteiger partial charge in [0.1, 0.15) is 11.3 Å². The van der Waals surface area contributed by atoms with Gasteiger partial charge in [0.05, 0.1) is 19.8 Å². The van der Waals surface area contributed by atoms with Gasteiger partial charge in [0.15, 0.2) is 6.73 Å². The predicted octanol–water partition coefficient (Wildman–Crippen LogP) is 0.971. The number of esters is 1. The maximum absolute atomic E-state index is 13.0. The van der Waals surface area contributed by atoms with Gasteiger partial charge in [-0.2, -0.15) is 0 Å². The number of likely N-dealkylation sites (tertiary alicyclic amines) is 1. The first-order valence-electron chi connectivity index (χ1n) is 11.3. The van der Waals surface area contributed by atoms with Gasteiger partial charge in [0.2, 0.25) is 5.91 Å². The van der Waals surface area contributed by atoms with Crippen molar-refractivity contribution in [3.63, 3.8) is 0 Å². The lowest BCUT2D eigenvalue weighted by atomic mass is 10.0. The molecule has 3 rings (SSSR count). The van der Waals surface area contributed by atoms with Crippen molar-refractivity contribution in [1.82, 2.24) is 24.5 Å². The number of hydrogen-bond donors (Lipinski definition) is 0. The molecule has 3 aliphatic heterocycles. The molecule has 2 saturated heterocycles. The zero-order chi connectivity index (χ0) is 24.3. The fourth-order valence-electron chi connectivity index (χ4n) is 3.99. The smallest absolute Gasteiger partial charge is 0.410 e. The van der Waals surface area contributed by atoms with Crippen molar-refractivity contribution < 1.29 is 28.7 Å². The molecule has 0 N–H and O–H groups in total. The van der Waals surface area contributed by atoms with Crippen molar-refractivity contribution in [2.45, 2.75) is 58.6 Å². The van der Waals surface area contributed by atoms with Crippen LogP contribution in [0.4, 0.5) is 4.79 Å². The molecular formula is C22H35N5O6. The highest BCUT2D eigenvalue weighted by atomic mass is 16.6. The Morgan fingerprint density at radius 1 is 1.15 bits per heavy atom. The molecule has 0 saturated carbocycles. The van der Waals surface area contributed by atoms with Gasteiger partial charge in [-0.15, -0.1) is 0 Å². The summed E-state index contributed by atoms with van der Waals surface area (Å²) in [6.45, 7) is 9.42. The van der Waals surface area contributed by atoms with Gasteiger partial charge in [-0.25, -0.2) is 4.79 Å². The summed E-state index contributed by atoms with van der Waals surface area (Å²) in [6, 6.07) is 0.0761. The molecule has 3 heterocycles. The molecule has 11 heteroatoms. The Hall–Kier alpha value is -2.98. The van der Waals surface area contributed by atoms with Gasteiger partial charge in [0, 0.05) is 45.8 Å². The van der Waals surface area contributed by atoms with E-state index in [9.17, 15) is 19.2 Å². The lowest BCUT2D eigenvalue weighted by Crippen LogP contribution is -2.49. The Balaban J connectivity index is 1.44. The van der Waals surface area contributed by atoms with Crippen molar-refractivity contribution in [2.24, 2.45) is 0 Å². The van der Waals surface area contributed by atoms with Crippen LogP contribution in [-0.2, 0) is 23.9 Å². The Morgan fingerprint density at radius 3 is 2.39 bits per heavy atom. The van der Waals surface area contributed by atoms with E-state index in [0.29, 0.717) is 51.5 Å². The Morgan fingerprint density at radius 2 is 1.82 bits per heavy atom. The molecule has 0 spiro atoms. The summed E-state index contributed by atoms with van der Waals surface area (Å²) >= 11 is 0. The first kappa shape index (κ1) is 24.7. The van der Waals surface area contributed by atoms with Gasteiger partial charge in [-0.05, 0) is 33.6 Å². The molecule has 3 aliphatic rings. The number of ether oxygens (including phenoxy) is 2. The quantitative estimate of drug-likeness (QED) is 0.535. The zero-order valence-electron chi connectivity index (χ0n) is 20.2. The molecule has 0 aliphatic carbocycles. The SMILES string of the molecule is CC(=O)N(C)CCC(=O)OCN1C=C2C(=O)N(C3CCN(C(=O)OC(C)(C)C)CC3)CN2C1. The van der Waals surface area contributed by atoms with Crippen molar-refractivity contribution >= 4 is 23.9 Å². The lowest BCUT2D eigenvalue weighted by Gasteiger charge is -2.37. The van der Waals surface area contributed by atoms with Crippen LogP contribution in [0.1, 0.15) is 47.0 Å². The molecule has 11 nitrogen and oxygen atoms in total. The summed E-state index contributed by atoms with van der Waals surface area (Å²) in [5.41, 5.74) is 0.0677. The second-order valence-electron chi connectivity index (χ2n) is 9.74. The highest BCUT2D eigenvalue weighted by Crippen LogP contribution is 2.29. The van der Waals surface area contributed by atoms with Crippen LogP contribution in [0.2, 0.25) is 0 Å². The second kappa shape index (κ2) is 9.88. The van der Waals surface area contributed by atoms with Crippen molar-refractivity contribution in [3.05, 3.63) is 11.9 Å². The summed E-state index contributed by atoms with van der Waals surface area (Å²) in [7, 11) is 1.63. The van der Waals surface area contributed by atoms with E-state index in [4.69, 9.17) is 9.47 Å². The Bertz CT molecular complexity index is 815. The number of carbonyl (C=O) groups is 4. The maximum atomic E-state index is 13.0. The van der Waals surface area contributed by atoms with Crippen LogP contribution >= 0.6 is 0 Å². The number of nitrogens with zero attached hydrogens (tertiary/aromatic N) is 5. The van der Waals surface area contributed by atoms with Crippen molar-refractivity contribution in [3.8, 4) is 0 Å². The Kier molecular flexibility index (Phi) is 7.38. The molecule has 0 radical (unpaired) electrons. The van der Waals surface area contributed by atoms with Crippen LogP contribution in [0, 0.1) is 0 Å². The first-order chi connectivity index (χ1) is 15.4. The minimum atomic E-state index is -0.527. The first-order valence-corrected chi connectivity index (χ1v) is 11.3. The van der Waals surface area contributed by atoms with Crippen LogP contribution < -0.4 is 0 Å². The highest BCUT2D eigenvalue weighted by Gasteiger charge is 2.42. The molecule has 0 aromatic carbocycles. The highest BCUT2D eigenvalue weighted by molar-refractivity contribution is 5.95. The molecule has 33 heavy (non-hydrogen) atoms. The average Bonchev–Trinajstić information content (AvgIpc) is 3.28. The molecular weight excluding hydrogens is 430 g/mol. The molecule has 0 aromatic heterocycles. The number of piperidine rings is 1. The third kappa shape index (κ3) is 6.29. The van der Waals surface area contributed by atoms with E-state index < -0.39 is 11.6 Å². The van der Waals surface area contributed by atoms with Gasteiger partial charge >= 0.3 is 12.1 Å². The number of hydrogen-bond acceptors (Lipinski definition) is 8. The molecule has 2 fully saturated rings. The summed E-state index contributed by atoms with van der Waals surface area (Å²) in [5.74, 6) is -0.535. The molecule has 184 valence electrons. The van der Waals surface area contributed by atoms with E-state index in [-0.39, 0.29) is 37.1 Å².